The lowest BCUT2D eigenvalue weighted by molar-refractivity contribution is 1.61. The first-order valence-corrected chi connectivity index (χ1v) is 5.99. The van der Waals surface area contributed by atoms with Gasteiger partial charge in [-0.3, -0.25) is 0 Å². The topological polar surface area (TPSA) is 0 Å². The first-order valence-electron chi connectivity index (χ1n) is 4.48. The zero-order valence-electron chi connectivity index (χ0n) is 7.98. The fraction of sp³-hybridized carbons (Fsp3) is 0. The van der Waals surface area contributed by atoms with E-state index in [1.54, 1.807) is 24.3 Å². The summed E-state index contributed by atoms with van der Waals surface area (Å²) >= 11 is 23.6. The number of hydrogen-bond acceptors (Lipinski definition) is 0. The van der Waals surface area contributed by atoms with Crippen molar-refractivity contribution in [2.24, 2.45) is 0 Å². The van der Waals surface area contributed by atoms with E-state index in [-0.39, 0.29) is 0 Å². The summed E-state index contributed by atoms with van der Waals surface area (Å²) < 4.78 is 0. The molecule has 2 rings (SSSR count). The second-order valence-electron chi connectivity index (χ2n) is 3.26. The average molecular weight is 316 g/mol. The molecule has 0 amide bonds. The highest BCUT2D eigenvalue weighted by molar-refractivity contribution is 6.42. The average Bonchev–Trinajstić information content (AvgIpc) is 2.26. The normalized spacial score (nSPS) is 10.5. The summed E-state index contributed by atoms with van der Waals surface area (Å²) in [5.74, 6) is 0. The van der Waals surface area contributed by atoms with Crippen molar-refractivity contribution in [3.8, 4) is 11.1 Å². The van der Waals surface area contributed by atoms with E-state index in [2.05, 4.69) is 0 Å². The van der Waals surface area contributed by atoms with Crippen LogP contribution in [0.1, 0.15) is 0 Å². The van der Waals surface area contributed by atoms with E-state index in [9.17, 15) is 0 Å². The minimum atomic E-state index is 0.519. The van der Waals surface area contributed by atoms with Crippen LogP contribution in [0.3, 0.4) is 0 Å². The van der Waals surface area contributed by atoms with E-state index in [0.29, 0.717) is 20.1 Å². The van der Waals surface area contributed by atoms with Crippen molar-refractivity contribution >= 4 is 46.4 Å². The van der Waals surface area contributed by atoms with Crippen LogP contribution >= 0.6 is 46.4 Å². The van der Waals surface area contributed by atoms with Gasteiger partial charge in [-0.05, 0) is 35.4 Å². The molecule has 2 aromatic rings. The van der Waals surface area contributed by atoms with Gasteiger partial charge in [-0.15, -0.1) is 0 Å². The van der Waals surface area contributed by atoms with Crippen molar-refractivity contribution in [1.29, 1.82) is 0 Å². The van der Waals surface area contributed by atoms with Crippen molar-refractivity contribution in [1.82, 2.24) is 0 Å². The second kappa shape index (κ2) is 4.85. The van der Waals surface area contributed by atoms with Crippen molar-refractivity contribution in [2.45, 2.75) is 0 Å². The van der Waals surface area contributed by atoms with Gasteiger partial charge < -0.3 is 0 Å². The van der Waals surface area contributed by atoms with E-state index < -0.39 is 0 Å². The van der Waals surface area contributed by atoms with Gasteiger partial charge in [-0.2, -0.15) is 0 Å². The molecule has 0 N–H and O–H groups in total. The van der Waals surface area contributed by atoms with Gasteiger partial charge in [-0.1, -0.05) is 58.5 Å². The van der Waals surface area contributed by atoms with Crippen LogP contribution in [0.4, 0.5) is 0 Å². The molecular formula is C12H6Cl4. The molecule has 0 atom stereocenters. The van der Waals surface area contributed by atoms with Gasteiger partial charge in [-0.25, -0.2) is 0 Å². The largest absolute Gasteiger partial charge is 0.0827 e. The molecule has 0 saturated heterocycles. The summed E-state index contributed by atoms with van der Waals surface area (Å²) in [5.41, 5.74) is 1.90. The van der Waals surface area contributed by atoms with E-state index in [0.717, 1.165) is 11.1 Å². The Hall–Kier alpha value is -0.400. The molecule has 0 heterocycles. The molecule has 0 aliphatic rings. The third kappa shape index (κ3) is 2.46. The third-order valence-corrected chi connectivity index (χ3v) is 3.65. The van der Waals surface area contributed by atoms with Crippen LogP contribution in [0.5, 0.6) is 0 Å². The zero-order valence-corrected chi connectivity index (χ0v) is 11.0. The molecule has 0 aliphatic carbocycles. The number of rotatable bonds is 1. The minimum absolute atomic E-state index is 0.519. The van der Waals surface area contributed by atoms with E-state index in [1.165, 1.54) is 0 Å². The van der Waals surface area contributed by atoms with Gasteiger partial charge in [0.1, 0.15) is 0 Å². The van der Waals surface area contributed by atoms with Crippen molar-refractivity contribution in [3.05, 3.63) is 56.5 Å². The molecule has 82 valence electrons. The second-order valence-corrected chi connectivity index (χ2v) is 4.89. The predicted molar refractivity (Wildman–Crippen MR) is 71.9 cm³/mol. The van der Waals surface area contributed by atoms with Crippen LogP contribution in [0.25, 0.3) is 11.1 Å². The lowest BCUT2D eigenvalue weighted by Gasteiger charge is -2.05. The van der Waals surface area contributed by atoms with Gasteiger partial charge in [0, 0.05) is 0 Å². The lowest BCUT2D eigenvalue weighted by atomic mass is 12.1. The third-order valence-electron chi connectivity index (χ3n) is 2.17. The van der Waals surface area contributed by atoms with Gasteiger partial charge >= 0.3 is 0 Å². The molecule has 0 nitrogen and oxygen atoms in total. The van der Waals surface area contributed by atoms with Gasteiger partial charge in [0.25, 0.3) is 0 Å². The fourth-order valence-electron chi connectivity index (χ4n) is 1.35. The summed E-state index contributed by atoms with van der Waals surface area (Å²) in [6.45, 7) is 0. The van der Waals surface area contributed by atoms with Crippen LogP contribution in [-0.2, 0) is 0 Å². The molecule has 0 saturated carbocycles. The molecule has 2 aromatic carbocycles. The maximum Gasteiger partial charge on any atom is 0.0598 e. The molecule has 0 aromatic heterocycles. The maximum absolute atomic E-state index is 5.94. The van der Waals surface area contributed by atoms with Crippen molar-refractivity contribution in [2.75, 3.05) is 0 Å². The highest BCUT2D eigenvalue weighted by Gasteiger charge is 2.04. The Balaban J connectivity index is 2.50. The molecule has 4 heteroatoms. The quantitative estimate of drug-likeness (QED) is 0.608. The summed E-state index contributed by atoms with van der Waals surface area (Å²) in [6, 6.07) is 10.9. The van der Waals surface area contributed by atoms with Crippen LogP contribution in [-0.4, -0.2) is 0 Å². The van der Waals surface area contributed by atoms with Gasteiger partial charge in [0.2, 0.25) is 0 Å². The first-order chi connectivity index (χ1) is 7.58. The van der Waals surface area contributed by atoms with Gasteiger partial charge in [0.05, 0.1) is 20.1 Å². The molecular weight excluding hydrogens is 310 g/mol. The summed E-state index contributed by atoms with van der Waals surface area (Å²) in [4.78, 5) is 0. The smallest absolute Gasteiger partial charge is 0.0598 e. The van der Waals surface area contributed by atoms with E-state index in [1.807, 2.05) is 12.1 Å². The van der Waals surface area contributed by atoms with Crippen LogP contribution in [0.15, 0.2) is 36.4 Å². The lowest BCUT2D eigenvalue weighted by Crippen LogP contribution is -1.79. The Labute approximate surface area is 114 Å². The Kier molecular flexibility index (Phi) is 3.66. The molecule has 0 aliphatic heterocycles. The Morgan fingerprint density at radius 2 is 0.875 bits per heavy atom. The predicted octanol–water partition coefficient (Wildman–Crippen LogP) is 5.97. The van der Waals surface area contributed by atoms with Gasteiger partial charge in [0.15, 0.2) is 0 Å². The monoisotopic (exact) mass is 314 g/mol. The molecule has 0 fully saturated rings. The van der Waals surface area contributed by atoms with E-state index >= 15 is 0 Å². The first kappa shape index (κ1) is 12.1. The van der Waals surface area contributed by atoms with E-state index in [4.69, 9.17) is 46.4 Å². The Morgan fingerprint density at radius 1 is 0.500 bits per heavy atom. The number of benzene rings is 2. The molecule has 0 unspecified atom stereocenters. The SMILES string of the molecule is Cl[14c]1[14cH][14cH][14c](-[14c]2[14cH][14cH][14c](Cl)[14c](Cl)[14cH]2)[14cH][14c]1Cl. The highest BCUT2D eigenvalue weighted by Crippen LogP contribution is 2.32. The highest BCUT2D eigenvalue weighted by atomic mass is 35.5. The number of hydrogen-bond donors (Lipinski definition) is 0. The summed E-state index contributed by atoms with van der Waals surface area (Å²) in [7, 11) is 0. The molecule has 16 heavy (non-hydrogen) atoms. The maximum atomic E-state index is 5.94. The van der Waals surface area contributed by atoms with Crippen LogP contribution in [0, 0.1) is 0 Å². The van der Waals surface area contributed by atoms with Crippen molar-refractivity contribution in [3.63, 3.8) is 0 Å². The van der Waals surface area contributed by atoms with Crippen LogP contribution in [0.2, 0.25) is 20.1 Å². The minimum Gasteiger partial charge on any atom is -0.0827 e. The molecule has 0 radical (unpaired) electrons. The van der Waals surface area contributed by atoms with Crippen LogP contribution < -0.4 is 0 Å². The summed E-state index contributed by atoms with van der Waals surface area (Å²) in [6.07, 6.45) is 0. The Bertz CT molecular complexity index is 485. The molecule has 0 spiro atoms. The zero-order chi connectivity index (χ0) is 11.7. The standard InChI is InChI=1S/C12H6Cl4/c13-9-3-1-7(5-11(9)15)8-2-4-10(14)12(16)6-8/h1-6H/i1+2,2+2,3+2,4+2,5+2,6+2,7+2,8+2,9+2,10+2,11+2,12+2. The summed E-state index contributed by atoms with van der Waals surface area (Å²) in [5, 5.41) is 2.10. The number of halogens is 4. The van der Waals surface area contributed by atoms with Crippen molar-refractivity contribution < 1.29 is 0 Å². The fourth-order valence-corrected chi connectivity index (χ4v) is 1.95. The molecule has 0 bridgehead atoms. The Morgan fingerprint density at radius 3 is 1.19 bits per heavy atom.